The van der Waals surface area contributed by atoms with Gasteiger partial charge >= 0.3 is 0 Å². The van der Waals surface area contributed by atoms with Crippen LogP contribution in [-0.4, -0.2) is 17.9 Å². The summed E-state index contributed by atoms with van der Waals surface area (Å²) in [5.41, 5.74) is 6.88. The van der Waals surface area contributed by atoms with Gasteiger partial charge in [-0.3, -0.25) is 4.79 Å². The summed E-state index contributed by atoms with van der Waals surface area (Å²) in [7, 11) is 0. The Balaban J connectivity index is 1.73. The molecule has 0 saturated carbocycles. The van der Waals surface area contributed by atoms with Gasteiger partial charge in [-0.05, 0) is 37.1 Å². The van der Waals surface area contributed by atoms with Crippen LogP contribution in [0.15, 0.2) is 47.6 Å². The van der Waals surface area contributed by atoms with E-state index in [1.54, 1.807) is 23.9 Å². The van der Waals surface area contributed by atoms with Crippen molar-refractivity contribution >= 4 is 23.9 Å². The van der Waals surface area contributed by atoms with Gasteiger partial charge in [0.25, 0.3) is 0 Å². The minimum Gasteiger partial charge on any atom is -0.272 e. The van der Waals surface area contributed by atoms with Gasteiger partial charge in [-0.25, -0.2) is 9.82 Å². The molecule has 2 rings (SSSR count). The van der Waals surface area contributed by atoms with Crippen molar-refractivity contribution in [2.45, 2.75) is 19.6 Å². The van der Waals surface area contributed by atoms with Crippen LogP contribution < -0.4 is 5.43 Å². The predicted octanol–water partition coefficient (Wildman–Crippen LogP) is 3.83. The Kier molecular flexibility index (Phi) is 6.35. The fourth-order valence-corrected chi connectivity index (χ4v) is 2.93. The lowest BCUT2D eigenvalue weighted by Gasteiger charge is -2.04. The number of rotatable bonds is 6. The summed E-state index contributed by atoms with van der Waals surface area (Å²) in [6.07, 6.45) is 1.49. The zero-order valence-electron chi connectivity index (χ0n) is 13.2. The third-order valence-electron chi connectivity index (χ3n) is 3.06. The number of hydrazone groups is 1. The zero-order chi connectivity index (χ0) is 16.7. The van der Waals surface area contributed by atoms with E-state index < -0.39 is 0 Å². The van der Waals surface area contributed by atoms with Gasteiger partial charge in [-0.1, -0.05) is 41.5 Å². The molecule has 23 heavy (non-hydrogen) atoms. The minimum atomic E-state index is -0.297. The lowest BCUT2D eigenvalue weighted by molar-refractivity contribution is -0.118. The molecule has 0 heterocycles. The molecule has 0 atom stereocenters. The molecule has 0 aliphatic carbocycles. The van der Waals surface area contributed by atoms with Crippen molar-refractivity contribution in [3.63, 3.8) is 0 Å². The van der Waals surface area contributed by atoms with Crippen LogP contribution in [-0.2, 0) is 10.5 Å². The van der Waals surface area contributed by atoms with Crippen molar-refractivity contribution in [1.82, 2.24) is 5.43 Å². The topological polar surface area (TPSA) is 41.5 Å². The molecule has 1 N–H and O–H groups in total. The minimum absolute atomic E-state index is 0.155. The molecule has 0 aliphatic heterocycles. The highest BCUT2D eigenvalue weighted by Crippen LogP contribution is 2.15. The molecule has 0 aliphatic rings. The van der Waals surface area contributed by atoms with E-state index >= 15 is 0 Å². The maximum atomic E-state index is 12.7. The standard InChI is InChI=1S/C18H19FN2OS/c1-13-7-14(2)9-16(8-13)11-23-12-18(22)21-20-10-15-3-5-17(19)6-4-15/h3-10H,11-12H2,1-2H3,(H,21,22)/b20-10-. The fourth-order valence-electron chi connectivity index (χ4n) is 2.17. The Morgan fingerprint density at radius 3 is 2.48 bits per heavy atom. The molecular formula is C18H19FN2OS. The molecule has 3 nitrogen and oxygen atoms in total. The number of carbonyl (C=O) groups excluding carboxylic acids is 1. The van der Waals surface area contributed by atoms with Gasteiger partial charge in [0.15, 0.2) is 0 Å². The monoisotopic (exact) mass is 330 g/mol. The van der Waals surface area contributed by atoms with Crippen LogP contribution in [0.4, 0.5) is 4.39 Å². The second-order valence-electron chi connectivity index (χ2n) is 5.33. The van der Waals surface area contributed by atoms with E-state index in [1.807, 2.05) is 0 Å². The Bertz CT molecular complexity index is 678. The summed E-state index contributed by atoms with van der Waals surface area (Å²) >= 11 is 1.54. The molecule has 0 unspecified atom stereocenters. The summed E-state index contributed by atoms with van der Waals surface area (Å²) in [4.78, 5) is 11.7. The van der Waals surface area contributed by atoms with E-state index in [9.17, 15) is 9.18 Å². The number of halogens is 1. The molecular weight excluding hydrogens is 311 g/mol. The Labute approximate surface area is 140 Å². The summed E-state index contributed by atoms with van der Waals surface area (Å²) in [5.74, 6) is 0.678. The van der Waals surface area contributed by atoms with E-state index in [1.165, 1.54) is 35.0 Å². The molecule has 0 saturated heterocycles. The van der Waals surface area contributed by atoms with Gasteiger partial charge < -0.3 is 0 Å². The molecule has 2 aromatic carbocycles. The van der Waals surface area contributed by atoms with Crippen LogP contribution in [0.1, 0.15) is 22.3 Å². The largest absolute Gasteiger partial charge is 0.272 e. The Morgan fingerprint density at radius 2 is 1.83 bits per heavy atom. The second-order valence-corrected chi connectivity index (χ2v) is 6.32. The summed E-state index contributed by atoms with van der Waals surface area (Å²) in [6.45, 7) is 4.13. The highest BCUT2D eigenvalue weighted by molar-refractivity contribution is 7.99. The van der Waals surface area contributed by atoms with Crippen LogP contribution in [0.5, 0.6) is 0 Å². The average Bonchev–Trinajstić information content (AvgIpc) is 2.48. The Morgan fingerprint density at radius 1 is 1.17 bits per heavy atom. The first kappa shape index (κ1) is 17.2. The Hall–Kier alpha value is -2.14. The molecule has 120 valence electrons. The molecule has 0 fully saturated rings. The first-order valence-corrected chi connectivity index (χ1v) is 8.41. The van der Waals surface area contributed by atoms with E-state index in [0.717, 1.165) is 11.3 Å². The summed E-state index contributed by atoms with van der Waals surface area (Å²) in [6, 6.07) is 12.3. The maximum Gasteiger partial charge on any atom is 0.250 e. The van der Waals surface area contributed by atoms with Gasteiger partial charge in [0, 0.05) is 5.75 Å². The predicted molar refractivity (Wildman–Crippen MR) is 94.2 cm³/mol. The molecule has 2 aromatic rings. The maximum absolute atomic E-state index is 12.7. The van der Waals surface area contributed by atoms with Crippen LogP contribution in [0.3, 0.4) is 0 Å². The summed E-state index contributed by atoms with van der Waals surface area (Å²) in [5, 5.41) is 3.86. The van der Waals surface area contributed by atoms with Gasteiger partial charge in [0.05, 0.1) is 12.0 Å². The van der Waals surface area contributed by atoms with E-state index in [2.05, 4.69) is 42.6 Å². The SMILES string of the molecule is Cc1cc(C)cc(CSCC(=O)N/N=C\c2ccc(F)cc2)c1. The van der Waals surface area contributed by atoms with Crippen molar-refractivity contribution in [1.29, 1.82) is 0 Å². The molecule has 5 heteroatoms. The van der Waals surface area contributed by atoms with Crippen molar-refractivity contribution in [2.24, 2.45) is 5.10 Å². The summed E-state index contributed by atoms with van der Waals surface area (Å²) < 4.78 is 12.7. The molecule has 0 spiro atoms. The number of hydrogen-bond donors (Lipinski definition) is 1. The van der Waals surface area contributed by atoms with Crippen molar-refractivity contribution in [2.75, 3.05) is 5.75 Å². The van der Waals surface area contributed by atoms with Crippen LogP contribution >= 0.6 is 11.8 Å². The number of hydrogen-bond acceptors (Lipinski definition) is 3. The van der Waals surface area contributed by atoms with E-state index in [4.69, 9.17) is 0 Å². The van der Waals surface area contributed by atoms with Crippen LogP contribution in [0.2, 0.25) is 0 Å². The van der Waals surface area contributed by atoms with Gasteiger partial charge in [0.2, 0.25) is 5.91 Å². The molecule has 0 radical (unpaired) electrons. The molecule has 0 aromatic heterocycles. The molecule has 1 amide bonds. The number of benzene rings is 2. The van der Waals surface area contributed by atoms with Crippen LogP contribution in [0.25, 0.3) is 0 Å². The number of nitrogens with one attached hydrogen (secondary N) is 1. The second kappa shape index (κ2) is 8.48. The first-order valence-electron chi connectivity index (χ1n) is 7.25. The highest BCUT2D eigenvalue weighted by Gasteiger charge is 2.02. The van der Waals surface area contributed by atoms with Crippen molar-refractivity contribution in [3.8, 4) is 0 Å². The number of aryl methyl sites for hydroxylation is 2. The number of nitrogens with zero attached hydrogens (tertiary/aromatic N) is 1. The quantitative estimate of drug-likeness (QED) is 0.646. The van der Waals surface area contributed by atoms with Gasteiger partial charge in [-0.2, -0.15) is 5.10 Å². The van der Waals surface area contributed by atoms with Crippen LogP contribution in [0, 0.1) is 19.7 Å². The third-order valence-corrected chi connectivity index (χ3v) is 4.06. The third kappa shape index (κ3) is 6.24. The van der Waals surface area contributed by atoms with E-state index in [0.29, 0.717) is 5.75 Å². The normalized spacial score (nSPS) is 10.9. The average molecular weight is 330 g/mol. The molecule has 0 bridgehead atoms. The number of amides is 1. The fraction of sp³-hybridized carbons (Fsp3) is 0.222. The first-order chi connectivity index (χ1) is 11.0. The lowest BCUT2D eigenvalue weighted by atomic mass is 10.1. The number of thioether (sulfide) groups is 1. The van der Waals surface area contributed by atoms with Gasteiger partial charge in [-0.15, -0.1) is 11.8 Å². The van der Waals surface area contributed by atoms with Crippen molar-refractivity contribution in [3.05, 3.63) is 70.5 Å². The van der Waals surface area contributed by atoms with Gasteiger partial charge in [0.1, 0.15) is 5.82 Å². The number of carbonyl (C=O) groups is 1. The van der Waals surface area contributed by atoms with Crippen molar-refractivity contribution < 1.29 is 9.18 Å². The van der Waals surface area contributed by atoms with E-state index in [-0.39, 0.29) is 11.7 Å². The smallest absolute Gasteiger partial charge is 0.250 e. The lowest BCUT2D eigenvalue weighted by Crippen LogP contribution is -2.19. The highest BCUT2D eigenvalue weighted by atomic mass is 32.2. The zero-order valence-corrected chi connectivity index (χ0v) is 14.0.